The highest BCUT2D eigenvalue weighted by Crippen LogP contribution is 2.24. The van der Waals surface area contributed by atoms with Gasteiger partial charge in [-0.2, -0.15) is 0 Å². The third-order valence-corrected chi connectivity index (χ3v) is 5.63. The van der Waals surface area contributed by atoms with Gasteiger partial charge in [0.2, 0.25) is 0 Å². The normalized spacial score (nSPS) is 15.8. The summed E-state index contributed by atoms with van der Waals surface area (Å²) in [7, 11) is 0. The Labute approximate surface area is 169 Å². The molecule has 8 heteroatoms. The molecular weight excluding hydrogens is 464 g/mol. The predicted octanol–water partition coefficient (Wildman–Crippen LogP) is 1.72. The maximum Gasteiger partial charge on any atom is 0.280 e. The summed E-state index contributed by atoms with van der Waals surface area (Å²) in [6.45, 7) is 7.59. The Kier molecular flexibility index (Phi) is 6.86. The minimum absolute atomic E-state index is 0.0897. The van der Waals surface area contributed by atoms with Gasteiger partial charge in [-0.1, -0.05) is 15.9 Å². The average molecular weight is 487 g/mol. The van der Waals surface area contributed by atoms with Crippen LogP contribution in [0.3, 0.4) is 0 Å². The molecule has 2 aromatic rings. The maximum atomic E-state index is 12.7. The number of quaternary nitrogens is 1. The van der Waals surface area contributed by atoms with E-state index >= 15 is 0 Å². The lowest BCUT2D eigenvalue weighted by Gasteiger charge is -2.23. The molecule has 1 saturated heterocycles. The smallest absolute Gasteiger partial charge is 0.280 e. The number of morpholine rings is 1. The van der Waals surface area contributed by atoms with E-state index in [4.69, 9.17) is 4.74 Å². The molecule has 0 saturated carbocycles. The summed E-state index contributed by atoms with van der Waals surface area (Å²) in [5, 5.41) is 3.13. The van der Waals surface area contributed by atoms with Crippen molar-refractivity contribution in [3.63, 3.8) is 0 Å². The van der Waals surface area contributed by atoms with Crippen molar-refractivity contribution in [1.29, 1.82) is 0 Å². The highest BCUT2D eigenvalue weighted by molar-refractivity contribution is 9.11. The van der Waals surface area contributed by atoms with Gasteiger partial charge in [0.1, 0.15) is 13.1 Å². The second kappa shape index (κ2) is 9.12. The predicted molar refractivity (Wildman–Crippen MR) is 110 cm³/mol. The molecule has 140 valence electrons. The topological polar surface area (TPSA) is 63.8 Å². The van der Waals surface area contributed by atoms with Crippen molar-refractivity contribution in [2.45, 2.75) is 13.3 Å². The number of hydrogen-bond donors (Lipinski definition) is 2. The first-order valence-electron chi connectivity index (χ1n) is 8.74. The highest BCUT2D eigenvalue weighted by Gasteiger charge is 2.14. The van der Waals surface area contributed by atoms with Crippen molar-refractivity contribution in [1.82, 2.24) is 9.78 Å². The number of aliphatic imine (C=N–C) groups is 1. The van der Waals surface area contributed by atoms with Gasteiger partial charge >= 0.3 is 0 Å². The number of hydrogen-bond acceptors (Lipinski definition) is 3. The molecule has 1 aliphatic rings. The molecule has 1 aromatic heterocycles. The van der Waals surface area contributed by atoms with Gasteiger partial charge in [-0.25, -0.2) is 4.68 Å². The van der Waals surface area contributed by atoms with Crippen LogP contribution in [0.25, 0.3) is 5.69 Å². The zero-order chi connectivity index (χ0) is 18.5. The van der Waals surface area contributed by atoms with Crippen LogP contribution in [-0.2, 0) is 4.74 Å². The molecule has 6 nitrogen and oxygen atoms in total. The first kappa shape index (κ1) is 19.5. The van der Waals surface area contributed by atoms with Crippen molar-refractivity contribution >= 4 is 38.1 Å². The highest BCUT2D eigenvalue weighted by atomic mass is 79.9. The monoisotopic (exact) mass is 485 g/mol. The van der Waals surface area contributed by atoms with Crippen LogP contribution in [0.4, 0.5) is 0 Å². The standard InChI is InChI=1S/C18H22Br2N4O2/c1-13-15(12-21-5-2-6-23-7-9-26-10-8-23)18(25)24(22-13)17-4-3-14(19)11-16(17)20/h3-4,11-12,22H,2,5-10H2,1H3/p+1. The molecular formula is C18H23Br2N4O2+. The van der Waals surface area contributed by atoms with Crippen LogP contribution in [0.1, 0.15) is 17.7 Å². The van der Waals surface area contributed by atoms with Gasteiger partial charge in [-0.05, 0) is 41.1 Å². The summed E-state index contributed by atoms with van der Waals surface area (Å²) in [4.78, 5) is 18.8. The van der Waals surface area contributed by atoms with Crippen molar-refractivity contribution in [2.24, 2.45) is 4.99 Å². The van der Waals surface area contributed by atoms with Gasteiger partial charge < -0.3 is 9.64 Å². The van der Waals surface area contributed by atoms with Gasteiger partial charge in [0.15, 0.2) is 0 Å². The van der Waals surface area contributed by atoms with Gasteiger partial charge in [-0.3, -0.25) is 14.9 Å². The Balaban J connectivity index is 1.65. The van der Waals surface area contributed by atoms with Gasteiger partial charge in [-0.15, -0.1) is 0 Å². The fraction of sp³-hybridized carbons (Fsp3) is 0.444. The molecule has 0 radical (unpaired) electrons. The summed E-state index contributed by atoms with van der Waals surface area (Å²) in [5.74, 6) is 0. The van der Waals surface area contributed by atoms with Crippen LogP contribution < -0.4 is 10.5 Å². The number of H-pyrrole nitrogens is 1. The fourth-order valence-electron chi connectivity index (χ4n) is 3.03. The van der Waals surface area contributed by atoms with E-state index < -0.39 is 0 Å². The van der Waals surface area contributed by atoms with E-state index in [1.807, 2.05) is 25.1 Å². The molecule has 26 heavy (non-hydrogen) atoms. The first-order valence-corrected chi connectivity index (χ1v) is 10.3. The lowest BCUT2D eigenvalue weighted by atomic mass is 10.3. The van der Waals surface area contributed by atoms with Crippen LogP contribution in [0, 0.1) is 6.92 Å². The fourth-order valence-corrected chi connectivity index (χ4v) is 4.25. The molecule has 0 atom stereocenters. The van der Waals surface area contributed by atoms with Crippen LogP contribution in [0.5, 0.6) is 0 Å². The van der Waals surface area contributed by atoms with Crippen LogP contribution in [0.15, 0.2) is 36.9 Å². The molecule has 0 spiro atoms. The summed E-state index contributed by atoms with van der Waals surface area (Å²) in [5.41, 5.74) is 2.11. The molecule has 2 heterocycles. The summed E-state index contributed by atoms with van der Waals surface area (Å²) in [6, 6.07) is 5.71. The SMILES string of the molecule is Cc1[nH]n(-c2ccc(Br)cc2Br)c(=O)c1C=NCCC[NH+]1CCOCC1. The van der Waals surface area contributed by atoms with E-state index in [0.717, 1.165) is 66.1 Å². The molecule has 1 aliphatic heterocycles. The van der Waals surface area contributed by atoms with E-state index in [1.165, 1.54) is 0 Å². The Morgan fingerprint density at radius 2 is 2.12 bits per heavy atom. The number of rotatable bonds is 6. The van der Waals surface area contributed by atoms with E-state index in [0.29, 0.717) is 5.56 Å². The second-order valence-electron chi connectivity index (χ2n) is 6.39. The number of halogens is 2. The minimum Gasteiger partial charge on any atom is -0.370 e. The Hall–Kier alpha value is -1.22. The van der Waals surface area contributed by atoms with Crippen LogP contribution >= 0.6 is 31.9 Å². The number of aryl methyl sites for hydroxylation is 1. The quantitative estimate of drug-likeness (QED) is 0.482. The molecule has 2 N–H and O–H groups in total. The van der Waals surface area contributed by atoms with E-state index in [-0.39, 0.29) is 5.56 Å². The third-order valence-electron chi connectivity index (χ3n) is 4.51. The summed E-state index contributed by atoms with van der Waals surface area (Å²) >= 11 is 6.94. The first-order chi connectivity index (χ1) is 12.6. The Morgan fingerprint density at radius 3 is 2.85 bits per heavy atom. The lowest BCUT2D eigenvalue weighted by Crippen LogP contribution is -3.14. The number of ether oxygens (including phenoxy) is 1. The van der Waals surface area contributed by atoms with E-state index in [1.54, 1.807) is 15.8 Å². The number of nitrogens with zero attached hydrogens (tertiary/aromatic N) is 2. The van der Waals surface area contributed by atoms with Gasteiger partial charge in [0.25, 0.3) is 5.56 Å². The Morgan fingerprint density at radius 1 is 1.35 bits per heavy atom. The second-order valence-corrected chi connectivity index (χ2v) is 8.16. The van der Waals surface area contributed by atoms with E-state index in [2.05, 4.69) is 42.0 Å². The molecule has 1 aromatic carbocycles. The molecule has 0 unspecified atom stereocenters. The number of aromatic amines is 1. The molecule has 0 bridgehead atoms. The Bertz CT molecular complexity index is 838. The molecule has 0 aliphatic carbocycles. The van der Waals surface area contributed by atoms with Crippen molar-refractivity contribution in [3.05, 3.63) is 48.8 Å². The molecule has 3 rings (SSSR count). The largest absolute Gasteiger partial charge is 0.370 e. The summed E-state index contributed by atoms with van der Waals surface area (Å²) in [6.07, 6.45) is 2.72. The lowest BCUT2D eigenvalue weighted by molar-refractivity contribution is -0.908. The van der Waals surface area contributed by atoms with Crippen molar-refractivity contribution in [2.75, 3.05) is 39.4 Å². The van der Waals surface area contributed by atoms with Gasteiger partial charge in [0, 0.05) is 33.8 Å². The number of benzene rings is 1. The molecule has 1 fully saturated rings. The van der Waals surface area contributed by atoms with Crippen molar-refractivity contribution in [3.8, 4) is 5.69 Å². The summed E-state index contributed by atoms with van der Waals surface area (Å²) < 4.78 is 8.71. The van der Waals surface area contributed by atoms with E-state index in [9.17, 15) is 4.79 Å². The minimum atomic E-state index is -0.0897. The van der Waals surface area contributed by atoms with Crippen LogP contribution in [0.2, 0.25) is 0 Å². The zero-order valence-electron chi connectivity index (χ0n) is 14.7. The van der Waals surface area contributed by atoms with Crippen LogP contribution in [-0.4, -0.2) is 55.4 Å². The number of aromatic nitrogens is 2. The molecule has 0 amide bonds. The zero-order valence-corrected chi connectivity index (χ0v) is 17.9. The maximum absolute atomic E-state index is 12.7. The average Bonchev–Trinajstić information content (AvgIpc) is 2.90. The van der Waals surface area contributed by atoms with Gasteiger partial charge in [0.05, 0.1) is 31.0 Å². The third kappa shape index (κ3) is 4.73. The number of nitrogens with one attached hydrogen (secondary N) is 2. The van der Waals surface area contributed by atoms with Crippen molar-refractivity contribution < 1.29 is 9.64 Å².